The highest BCUT2D eigenvalue weighted by molar-refractivity contribution is 6.33. The molecule has 0 unspecified atom stereocenters. The van der Waals surface area contributed by atoms with E-state index >= 15 is 0 Å². The van der Waals surface area contributed by atoms with Gasteiger partial charge in [0.1, 0.15) is 5.82 Å². The van der Waals surface area contributed by atoms with Gasteiger partial charge in [0, 0.05) is 5.54 Å². The predicted octanol–water partition coefficient (Wildman–Crippen LogP) is 3.70. The lowest BCUT2D eigenvalue weighted by molar-refractivity contribution is 0.419. The number of nitrogens with zero attached hydrogens (tertiary/aromatic N) is 1. The molecule has 16 heavy (non-hydrogen) atoms. The fourth-order valence-electron chi connectivity index (χ4n) is 1.81. The second kappa shape index (κ2) is 5.39. The Morgan fingerprint density at radius 2 is 1.88 bits per heavy atom. The van der Waals surface area contributed by atoms with Gasteiger partial charge in [0.2, 0.25) is 0 Å². The molecule has 0 amide bonds. The largest absolute Gasteiger partial charge is 0.397 e. The number of nitrogens with two attached hydrogens (primary N) is 1. The summed E-state index contributed by atoms with van der Waals surface area (Å²) in [7, 11) is 0. The fourth-order valence-corrected chi connectivity index (χ4v) is 2.03. The number of nitrogen functional groups attached to an aromatic ring is 1. The van der Waals surface area contributed by atoms with Crippen LogP contribution in [0.2, 0.25) is 5.02 Å². The lowest BCUT2D eigenvalue weighted by Gasteiger charge is -2.32. The average Bonchev–Trinajstić information content (AvgIpc) is 2.29. The number of anilines is 2. The minimum atomic E-state index is 0.0761. The molecule has 0 saturated heterocycles. The first-order valence-corrected chi connectivity index (χ1v) is 6.14. The number of nitrogens with one attached hydrogen (secondary N) is 1. The Morgan fingerprint density at radius 3 is 2.31 bits per heavy atom. The average molecular weight is 242 g/mol. The van der Waals surface area contributed by atoms with Crippen molar-refractivity contribution in [3.63, 3.8) is 0 Å². The van der Waals surface area contributed by atoms with E-state index in [2.05, 4.69) is 31.1 Å². The van der Waals surface area contributed by atoms with E-state index in [1.165, 1.54) is 0 Å². The van der Waals surface area contributed by atoms with Gasteiger partial charge in [-0.2, -0.15) is 0 Å². The van der Waals surface area contributed by atoms with Crippen molar-refractivity contribution < 1.29 is 0 Å². The summed E-state index contributed by atoms with van der Waals surface area (Å²) in [6.45, 7) is 6.52. The van der Waals surface area contributed by atoms with Crippen molar-refractivity contribution in [1.82, 2.24) is 4.98 Å². The molecule has 1 rings (SSSR count). The Kier molecular flexibility index (Phi) is 4.42. The monoisotopic (exact) mass is 241 g/mol. The molecule has 0 aliphatic heterocycles. The van der Waals surface area contributed by atoms with Crippen molar-refractivity contribution in [2.24, 2.45) is 0 Å². The number of aromatic nitrogens is 1. The molecule has 0 radical (unpaired) electrons. The Bertz CT molecular complexity index is 340. The molecule has 3 N–H and O–H groups in total. The Balaban J connectivity index is 2.93. The van der Waals surface area contributed by atoms with Crippen molar-refractivity contribution in [2.75, 3.05) is 11.1 Å². The van der Waals surface area contributed by atoms with Crippen LogP contribution in [0.5, 0.6) is 0 Å². The molecule has 0 atom stereocenters. The predicted molar refractivity (Wildman–Crippen MR) is 70.9 cm³/mol. The zero-order valence-electron chi connectivity index (χ0n) is 10.2. The first-order valence-electron chi connectivity index (χ1n) is 5.76. The molecule has 0 aromatic carbocycles. The van der Waals surface area contributed by atoms with Crippen molar-refractivity contribution in [3.8, 4) is 0 Å². The third-order valence-electron chi connectivity index (χ3n) is 3.28. The smallest absolute Gasteiger partial charge is 0.145 e. The van der Waals surface area contributed by atoms with Crippen LogP contribution < -0.4 is 11.1 Å². The molecule has 4 heteroatoms. The van der Waals surface area contributed by atoms with Gasteiger partial charge >= 0.3 is 0 Å². The third kappa shape index (κ3) is 2.79. The number of pyridine rings is 1. The summed E-state index contributed by atoms with van der Waals surface area (Å²) in [5.74, 6) is 0.724. The normalized spacial score (nSPS) is 11.5. The van der Waals surface area contributed by atoms with Crippen molar-refractivity contribution in [3.05, 3.63) is 17.3 Å². The fraction of sp³-hybridized carbons (Fsp3) is 0.583. The summed E-state index contributed by atoms with van der Waals surface area (Å²) in [6, 6.07) is 1.72. The molecule has 0 spiro atoms. The summed E-state index contributed by atoms with van der Waals surface area (Å²) in [6.07, 6.45) is 4.76. The van der Waals surface area contributed by atoms with Crippen LogP contribution in [0.4, 0.5) is 11.5 Å². The maximum absolute atomic E-state index is 6.10. The first kappa shape index (κ1) is 13.1. The summed E-state index contributed by atoms with van der Waals surface area (Å²) in [5.41, 5.74) is 6.28. The van der Waals surface area contributed by atoms with Gasteiger partial charge in [0.25, 0.3) is 0 Å². The molecule has 90 valence electrons. The van der Waals surface area contributed by atoms with E-state index in [1.54, 1.807) is 12.3 Å². The summed E-state index contributed by atoms with van der Waals surface area (Å²) in [4.78, 5) is 4.24. The van der Waals surface area contributed by atoms with E-state index in [4.69, 9.17) is 17.3 Å². The molecule has 0 aliphatic rings. The van der Waals surface area contributed by atoms with Crippen LogP contribution in [0.25, 0.3) is 0 Å². The summed E-state index contributed by atoms with van der Waals surface area (Å²) >= 11 is 6.10. The van der Waals surface area contributed by atoms with Gasteiger partial charge in [-0.15, -0.1) is 0 Å². The van der Waals surface area contributed by atoms with Crippen LogP contribution in [0, 0.1) is 0 Å². The van der Waals surface area contributed by atoms with Crippen LogP contribution >= 0.6 is 11.6 Å². The molecule has 0 saturated carbocycles. The van der Waals surface area contributed by atoms with Crippen LogP contribution in [-0.4, -0.2) is 10.5 Å². The molecule has 0 bridgehead atoms. The van der Waals surface area contributed by atoms with Crippen LogP contribution in [0.15, 0.2) is 12.3 Å². The van der Waals surface area contributed by atoms with Gasteiger partial charge in [-0.05, 0) is 25.3 Å². The van der Waals surface area contributed by atoms with E-state index < -0.39 is 0 Å². The Labute approximate surface area is 102 Å². The molecule has 1 aromatic heterocycles. The quantitative estimate of drug-likeness (QED) is 0.827. The van der Waals surface area contributed by atoms with E-state index in [1.807, 2.05) is 0 Å². The minimum Gasteiger partial charge on any atom is -0.397 e. The van der Waals surface area contributed by atoms with Crippen LogP contribution in [0.1, 0.15) is 40.0 Å². The second-order valence-corrected chi connectivity index (χ2v) is 4.47. The molecule has 3 nitrogen and oxygen atoms in total. The third-order valence-corrected chi connectivity index (χ3v) is 3.56. The van der Waals surface area contributed by atoms with Gasteiger partial charge in [-0.3, -0.25) is 0 Å². The lowest BCUT2D eigenvalue weighted by atomic mass is 9.90. The maximum Gasteiger partial charge on any atom is 0.145 e. The molecule has 1 aromatic rings. The van der Waals surface area contributed by atoms with Crippen LogP contribution in [-0.2, 0) is 0 Å². The highest BCUT2D eigenvalue weighted by Gasteiger charge is 2.24. The van der Waals surface area contributed by atoms with Gasteiger partial charge in [-0.25, -0.2) is 4.98 Å². The Hall–Kier alpha value is -0.960. The van der Waals surface area contributed by atoms with Crippen molar-refractivity contribution in [2.45, 2.75) is 45.6 Å². The summed E-state index contributed by atoms with van der Waals surface area (Å²) in [5, 5.41) is 4.02. The number of hydrogen-bond donors (Lipinski definition) is 2. The number of rotatable bonds is 5. The van der Waals surface area contributed by atoms with E-state index in [9.17, 15) is 0 Å². The van der Waals surface area contributed by atoms with Crippen LogP contribution in [0.3, 0.4) is 0 Å². The molecule has 1 heterocycles. The van der Waals surface area contributed by atoms with E-state index in [0.717, 1.165) is 25.1 Å². The zero-order chi connectivity index (χ0) is 12.2. The second-order valence-electron chi connectivity index (χ2n) is 4.07. The molecular formula is C12H20ClN3. The van der Waals surface area contributed by atoms with Gasteiger partial charge < -0.3 is 11.1 Å². The number of halogens is 1. The van der Waals surface area contributed by atoms with Crippen molar-refractivity contribution >= 4 is 23.1 Å². The standard InChI is InChI=1S/C12H20ClN3/c1-4-12(5-2,6-3)16-11-10(13)7-9(14)8-15-11/h7-8H,4-6,14H2,1-3H3,(H,15,16). The van der Waals surface area contributed by atoms with Gasteiger partial charge in [-0.1, -0.05) is 32.4 Å². The highest BCUT2D eigenvalue weighted by Crippen LogP contribution is 2.29. The lowest BCUT2D eigenvalue weighted by Crippen LogP contribution is -2.36. The minimum absolute atomic E-state index is 0.0761. The maximum atomic E-state index is 6.10. The molecule has 0 fully saturated rings. The van der Waals surface area contributed by atoms with Gasteiger partial charge in [0.05, 0.1) is 16.9 Å². The summed E-state index contributed by atoms with van der Waals surface area (Å²) < 4.78 is 0. The van der Waals surface area contributed by atoms with Gasteiger partial charge in [0.15, 0.2) is 0 Å². The zero-order valence-corrected chi connectivity index (χ0v) is 10.9. The topological polar surface area (TPSA) is 50.9 Å². The van der Waals surface area contributed by atoms with E-state index in [-0.39, 0.29) is 5.54 Å². The molecule has 0 aliphatic carbocycles. The number of hydrogen-bond acceptors (Lipinski definition) is 3. The molecular weight excluding hydrogens is 222 g/mol. The SMILES string of the molecule is CCC(CC)(CC)Nc1ncc(N)cc1Cl. The van der Waals surface area contributed by atoms with Crippen molar-refractivity contribution in [1.29, 1.82) is 0 Å². The highest BCUT2D eigenvalue weighted by atomic mass is 35.5. The van der Waals surface area contributed by atoms with E-state index in [0.29, 0.717) is 10.7 Å². The Morgan fingerprint density at radius 1 is 1.31 bits per heavy atom. The first-order chi connectivity index (χ1) is 7.56.